The van der Waals surface area contributed by atoms with Crippen molar-refractivity contribution in [1.82, 2.24) is 0 Å². The molecule has 0 aliphatic carbocycles. The molecule has 0 radical (unpaired) electrons. The molecule has 2 N–H and O–H groups in total. The van der Waals surface area contributed by atoms with E-state index in [0.717, 1.165) is 6.42 Å². The van der Waals surface area contributed by atoms with Crippen molar-refractivity contribution in [2.24, 2.45) is 0 Å². The Morgan fingerprint density at radius 3 is 2.62 bits per heavy atom. The molecule has 0 amide bonds. The van der Waals surface area contributed by atoms with Crippen LogP contribution in [0.15, 0.2) is 42.5 Å². The Kier molecular flexibility index (Phi) is 6.75. The molecule has 0 aliphatic rings. The van der Waals surface area contributed by atoms with Gasteiger partial charge in [0.15, 0.2) is 0 Å². The van der Waals surface area contributed by atoms with Gasteiger partial charge in [-0.2, -0.15) is 0 Å². The van der Waals surface area contributed by atoms with Crippen LogP contribution < -0.4 is 40.0 Å². The van der Waals surface area contributed by atoms with Crippen molar-refractivity contribution >= 4 is 11.7 Å². The third-order valence-electron chi connectivity index (χ3n) is 3.20. The zero-order valence-electron chi connectivity index (χ0n) is 12.2. The second kappa shape index (κ2) is 8.08. The summed E-state index contributed by atoms with van der Waals surface area (Å²) in [5.74, 6) is -1.67. The van der Waals surface area contributed by atoms with E-state index in [1.807, 2.05) is 12.1 Å². The van der Waals surface area contributed by atoms with E-state index in [1.54, 1.807) is 6.07 Å². The summed E-state index contributed by atoms with van der Waals surface area (Å²) in [5.41, 5.74) is 2.93. The number of carboxylic acids is 1. The maximum absolute atomic E-state index is 10.8. The number of rotatable bonds is 5. The minimum absolute atomic E-state index is 0. The number of hydrogen-bond acceptors (Lipinski definition) is 4. The van der Waals surface area contributed by atoms with Gasteiger partial charge in [-0.3, -0.25) is 0 Å². The van der Waals surface area contributed by atoms with E-state index in [0.29, 0.717) is 12.2 Å². The van der Waals surface area contributed by atoms with E-state index in [-0.39, 0.29) is 40.9 Å². The molecule has 5 heteroatoms. The second-order valence-electron chi connectivity index (χ2n) is 4.62. The van der Waals surface area contributed by atoms with Crippen LogP contribution in [0.2, 0.25) is 0 Å². The van der Waals surface area contributed by atoms with Gasteiger partial charge in [-0.05, 0) is 42.7 Å². The largest absolute Gasteiger partial charge is 1.00 e. The molecular weight excluding hydrogens is 277 g/mol. The van der Waals surface area contributed by atoms with Gasteiger partial charge < -0.3 is 20.3 Å². The SMILES string of the molecule is Cc1ccccc1CCNc1ccc(O)c(C(=O)[O-])c1.[Na+]. The molecule has 0 bridgehead atoms. The normalized spacial score (nSPS) is 9.76. The van der Waals surface area contributed by atoms with Crippen LogP contribution in [0.4, 0.5) is 5.69 Å². The van der Waals surface area contributed by atoms with Crippen LogP contribution in [0.1, 0.15) is 21.5 Å². The van der Waals surface area contributed by atoms with Crippen molar-refractivity contribution in [2.45, 2.75) is 13.3 Å². The maximum atomic E-state index is 10.8. The van der Waals surface area contributed by atoms with E-state index < -0.39 is 5.97 Å². The fraction of sp³-hybridized carbons (Fsp3) is 0.188. The number of aromatic hydroxyl groups is 1. The Bertz CT molecular complexity index is 629. The van der Waals surface area contributed by atoms with Crippen molar-refractivity contribution in [3.8, 4) is 5.75 Å². The average molecular weight is 293 g/mol. The summed E-state index contributed by atoms with van der Waals surface area (Å²) in [6.45, 7) is 2.74. The molecule has 0 aromatic heterocycles. The summed E-state index contributed by atoms with van der Waals surface area (Å²) in [7, 11) is 0. The molecule has 0 saturated heterocycles. The first-order valence-electron chi connectivity index (χ1n) is 6.40. The Hall–Kier alpha value is -1.49. The van der Waals surface area contributed by atoms with Crippen molar-refractivity contribution < 1.29 is 44.6 Å². The number of phenols is 1. The van der Waals surface area contributed by atoms with E-state index in [9.17, 15) is 15.0 Å². The first-order chi connectivity index (χ1) is 9.58. The summed E-state index contributed by atoms with van der Waals surface area (Å²) in [5, 5.41) is 23.4. The fourth-order valence-electron chi connectivity index (χ4n) is 2.04. The Morgan fingerprint density at radius 1 is 1.24 bits per heavy atom. The van der Waals surface area contributed by atoms with Gasteiger partial charge >= 0.3 is 29.6 Å². The van der Waals surface area contributed by atoms with E-state index in [4.69, 9.17) is 0 Å². The number of carbonyl (C=O) groups is 1. The van der Waals surface area contributed by atoms with Crippen LogP contribution in [0.25, 0.3) is 0 Å². The monoisotopic (exact) mass is 293 g/mol. The van der Waals surface area contributed by atoms with Crippen LogP contribution >= 0.6 is 0 Å². The van der Waals surface area contributed by atoms with Gasteiger partial charge in [-0.15, -0.1) is 0 Å². The average Bonchev–Trinajstić information content (AvgIpc) is 2.42. The predicted octanol–water partition coefficient (Wildman–Crippen LogP) is -1.28. The molecule has 4 nitrogen and oxygen atoms in total. The van der Waals surface area contributed by atoms with Gasteiger partial charge in [0.1, 0.15) is 5.75 Å². The number of benzene rings is 2. The maximum Gasteiger partial charge on any atom is 1.00 e. The number of nitrogens with one attached hydrogen (secondary N) is 1. The third-order valence-corrected chi connectivity index (χ3v) is 3.20. The molecule has 0 saturated carbocycles. The molecule has 0 heterocycles. The molecule has 2 aromatic carbocycles. The van der Waals surface area contributed by atoms with E-state index in [2.05, 4.69) is 24.4 Å². The Balaban J connectivity index is 0.00000220. The van der Waals surface area contributed by atoms with Gasteiger partial charge in [0.2, 0.25) is 0 Å². The Morgan fingerprint density at radius 2 is 1.95 bits per heavy atom. The van der Waals surface area contributed by atoms with Crippen molar-refractivity contribution in [3.05, 3.63) is 59.2 Å². The molecule has 2 rings (SSSR count). The summed E-state index contributed by atoms with van der Waals surface area (Å²) in [4.78, 5) is 10.8. The number of aryl methyl sites for hydroxylation is 1. The molecule has 2 aromatic rings. The molecule has 104 valence electrons. The van der Waals surface area contributed by atoms with Crippen LogP contribution in [-0.4, -0.2) is 17.6 Å². The first kappa shape index (κ1) is 17.6. The fourth-order valence-corrected chi connectivity index (χ4v) is 2.04. The summed E-state index contributed by atoms with van der Waals surface area (Å²) >= 11 is 0. The molecule has 0 atom stereocenters. The predicted molar refractivity (Wildman–Crippen MR) is 75.8 cm³/mol. The number of hydrogen-bond donors (Lipinski definition) is 2. The van der Waals surface area contributed by atoms with Gasteiger partial charge in [0, 0.05) is 17.8 Å². The topological polar surface area (TPSA) is 72.4 Å². The van der Waals surface area contributed by atoms with E-state index in [1.165, 1.54) is 23.3 Å². The molecule has 0 unspecified atom stereocenters. The van der Waals surface area contributed by atoms with Gasteiger partial charge in [-0.25, -0.2) is 0 Å². The number of carboxylic acid groups (broad SMARTS) is 1. The zero-order valence-corrected chi connectivity index (χ0v) is 14.2. The minimum atomic E-state index is -1.38. The molecule has 21 heavy (non-hydrogen) atoms. The molecule has 0 fully saturated rings. The number of anilines is 1. The van der Waals surface area contributed by atoms with Crippen LogP contribution in [0.5, 0.6) is 5.75 Å². The van der Waals surface area contributed by atoms with Crippen LogP contribution in [0.3, 0.4) is 0 Å². The summed E-state index contributed by atoms with van der Waals surface area (Å²) in [6.07, 6.45) is 0.841. The van der Waals surface area contributed by atoms with Crippen LogP contribution in [0, 0.1) is 6.92 Å². The zero-order chi connectivity index (χ0) is 14.5. The van der Waals surface area contributed by atoms with Gasteiger partial charge in [0.05, 0.1) is 5.97 Å². The van der Waals surface area contributed by atoms with Gasteiger partial charge in [0.25, 0.3) is 0 Å². The quantitative estimate of drug-likeness (QED) is 0.532. The molecule has 0 aliphatic heterocycles. The molecule has 0 spiro atoms. The standard InChI is InChI=1S/C16H17NO3.Na/c1-11-4-2-3-5-12(11)8-9-17-13-6-7-15(18)14(10-13)16(19)20;/h2-7,10,17-18H,8-9H2,1H3,(H,19,20);/q;+1/p-1. The van der Waals surface area contributed by atoms with Crippen LogP contribution in [-0.2, 0) is 6.42 Å². The Labute approximate surface area is 146 Å². The summed E-state index contributed by atoms with van der Waals surface area (Å²) < 4.78 is 0. The third kappa shape index (κ3) is 4.77. The smallest absolute Gasteiger partial charge is 0.545 e. The van der Waals surface area contributed by atoms with Gasteiger partial charge in [-0.1, -0.05) is 24.3 Å². The van der Waals surface area contributed by atoms with E-state index >= 15 is 0 Å². The molecular formula is C16H16NNaO3. The number of aromatic carboxylic acids is 1. The summed E-state index contributed by atoms with van der Waals surface area (Å²) in [6, 6.07) is 12.5. The second-order valence-corrected chi connectivity index (χ2v) is 4.62. The number of carbonyl (C=O) groups excluding carboxylic acids is 1. The van der Waals surface area contributed by atoms with Crippen molar-refractivity contribution in [3.63, 3.8) is 0 Å². The minimum Gasteiger partial charge on any atom is -0.545 e. The first-order valence-corrected chi connectivity index (χ1v) is 6.40. The van der Waals surface area contributed by atoms with Crippen molar-refractivity contribution in [2.75, 3.05) is 11.9 Å². The van der Waals surface area contributed by atoms with Crippen molar-refractivity contribution in [1.29, 1.82) is 0 Å².